The number of allylic oxidation sites excluding steroid dienone is 2. The van der Waals surface area contributed by atoms with E-state index in [1.807, 2.05) is 13.0 Å². The van der Waals surface area contributed by atoms with Crippen molar-refractivity contribution in [1.29, 1.82) is 0 Å². The smallest absolute Gasteiger partial charge is 0.154 e. The maximum Gasteiger partial charge on any atom is 0.154 e. The van der Waals surface area contributed by atoms with Crippen molar-refractivity contribution in [2.24, 2.45) is 0 Å². The number of carbonyl (C=O) groups is 1. The van der Waals surface area contributed by atoms with Gasteiger partial charge in [0, 0.05) is 24.2 Å². The van der Waals surface area contributed by atoms with Gasteiger partial charge in [-0.3, -0.25) is 4.79 Å². The van der Waals surface area contributed by atoms with Crippen molar-refractivity contribution in [2.75, 3.05) is 0 Å². The molecule has 0 N–H and O–H groups in total. The van der Waals surface area contributed by atoms with E-state index >= 15 is 0 Å². The fraction of sp³-hybridized carbons (Fsp3) is 0.250. The molecule has 0 bridgehead atoms. The maximum atomic E-state index is 10.6. The summed E-state index contributed by atoms with van der Waals surface area (Å²) in [6, 6.07) is 1.82. The second kappa shape index (κ2) is 3.14. The van der Waals surface area contributed by atoms with Crippen molar-refractivity contribution in [3.05, 3.63) is 24.5 Å². The number of carbonyl (C=O) groups excluding carboxylic acids is 1. The Morgan fingerprint density at radius 2 is 2.27 bits per heavy atom. The van der Waals surface area contributed by atoms with Crippen molar-refractivity contribution in [3.63, 3.8) is 0 Å². The van der Waals surface area contributed by atoms with E-state index < -0.39 is 0 Å². The molecule has 11 heavy (non-hydrogen) atoms. The van der Waals surface area contributed by atoms with Crippen molar-refractivity contribution in [1.82, 2.24) is 9.78 Å². The van der Waals surface area contributed by atoms with Crippen LogP contribution >= 0.6 is 0 Å². The molecule has 0 unspecified atom stereocenters. The molecule has 0 aliphatic carbocycles. The van der Waals surface area contributed by atoms with Crippen molar-refractivity contribution in [2.45, 2.75) is 13.8 Å². The number of hydrogen-bond donors (Lipinski definition) is 0. The molecule has 0 radical (unpaired) electrons. The summed E-state index contributed by atoms with van der Waals surface area (Å²) in [5.41, 5.74) is 0.836. The summed E-state index contributed by atoms with van der Waals surface area (Å²) in [5, 5.41) is 3.97. The zero-order valence-corrected chi connectivity index (χ0v) is 6.61. The van der Waals surface area contributed by atoms with E-state index in [-0.39, 0.29) is 5.78 Å². The number of hydrogen-bond acceptors (Lipinski definition) is 2. The molecule has 0 fully saturated rings. The summed E-state index contributed by atoms with van der Waals surface area (Å²) < 4.78 is 1.65. The molecule has 0 amide bonds. The van der Waals surface area contributed by atoms with Gasteiger partial charge in [0.1, 0.15) is 0 Å². The third-order valence-electron chi connectivity index (χ3n) is 1.28. The van der Waals surface area contributed by atoms with Gasteiger partial charge in [-0.25, -0.2) is 4.68 Å². The second-order valence-electron chi connectivity index (χ2n) is 2.35. The summed E-state index contributed by atoms with van der Waals surface area (Å²) in [7, 11) is 0. The lowest BCUT2D eigenvalue weighted by Crippen LogP contribution is -1.95. The van der Waals surface area contributed by atoms with Crippen LogP contribution in [0, 0.1) is 0 Å². The fourth-order valence-electron chi connectivity index (χ4n) is 0.838. The highest BCUT2D eigenvalue weighted by molar-refractivity contribution is 5.91. The Bertz CT molecular complexity index is 272. The molecule has 0 atom stereocenters. The molecule has 0 spiro atoms. The van der Waals surface area contributed by atoms with E-state index in [1.165, 1.54) is 6.92 Å². The minimum Gasteiger partial charge on any atom is -0.295 e. The zero-order chi connectivity index (χ0) is 8.27. The van der Waals surface area contributed by atoms with Crippen LogP contribution in [0.2, 0.25) is 0 Å². The van der Waals surface area contributed by atoms with Gasteiger partial charge in [0.15, 0.2) is 5.78 Å². The van der Waals surface area contributed by atoms with Crippen LogP contribution in [0.4, 0.5) is 0 Å². The Hall–Kier alpha value is -1.38. The molecule has 3 nitrogen and oxygen atoms in total. The van der Waals surface area contributed by atoms with Crippen LogP contribution in [0.15, 0.2) is 24.5 Å². The third kappa shape index (κ3) is 2.04. The van der Waals surface area contributed by atoms with E-state index in [9.17, 15) is 4.79 Å². The van der Waals surface area contributed by atoms with Crippen LogP contribution in [0.1, 0.15) is 13.8 Å². The van der Waals surface area contributed by atoms with Gasteiger partial charge >= 0.3 is 0 Å². The van der Waals surface area contributed by atoms with E-state index in [4.69, 9.17) is 0 Å². The van der Waals surface area contributed by atoms with Gasteiger partial charge in [-0.2, -0.15) is 5.10 Å². The van der Waals surface area contributed by atoms with Gasteiger partial charge in [0.2, 0.25) is 0 Å². The number of rotatable bonds is 2. The molecule has 0 aliphatic rings. The molecule has 0 saturated carbocycles. The molecule has 1 aromatic rings. The Morgan fingerprint density at radius 1 is 1.55 bits per heavy atom. The first kappa shape index (κ1) is 7.72. The lowest BCUT2D eigenvalue weighted by Gasteiger charge is -1.97. The Kier molecular flexibility index (Phi) is 2.21. The minimum atomic E-state index is 0.0398. The summed E-state index contributed by atoms with van der Waals surface area (Å²) in [4.78, 5) is 10.6. The number of aromatic nitrogens is 2. The van der Waals surface area contributed by atoms with Gasteiger partial charge in [-0.1, -0.05) is 0 Å². The fourth-order valence-corrected chi connectivity index (χ4v) is 0.838. The molecule has 58 valence electrons. The molecule has 1 aromatic heterocycles. The third-order valence-corrected chi connectivity index (χ3v) is 1.28. The molecule has 1 rings (SSSR count). The lowest BCUT2D eigenvalue weighted by atomic mass is 10.3. The van der Waals surface area contributed by atoms with Crippen LogP contribution < -0.4 is 0 Å². The average Bonchev–Trinajstić information content (AvgIpc) is 2.35. The first-order valence-corrected chi connectivity index (χ1v) is 3.39. The number of ketones is 1. The van der Waals surface area contributed by atoms with Gasteiger partial charge in [-0.15, -0.1) is 0 Å². The van der Waals surface area contributed by atoms with Crippen LogP contribution in [-0.4, -0.2) is 15.6 Å². The number of nitrogens with zero attached hydrogens (tertiary/aromatic N) is 2. The lowest BCUT2D eigenvalue weighted by molar-refractivity contribution is -0.112. The highest BCUT2D eigenvalue weighted by Crippen LogP contribution is 1.99. The van der Waals surface area contributed by atoms with Crippen LogP contribution in [0.3, 0.4) is 0 Å². The van der Waals surface area contributed by atoms with E-state index in [1.54, 1.807) is 23.2 Å². The molecular weight excluding hydrogens is 140 g/mol. The zero-order valence-electron chi connectivity index (χ0n) is 6.61. The largest absolute Gasteiger partial charge is 0.295 e. The highest BCUT2D eigenvalue weighted by atomic mass is 16.1. The summed E-state index contributed by atoms with van der Waals surface area (Å²) >= 11 is 0. The van der Waals surface area contributed by atoms with Gasteiger partial charge < -0.3 is 0 Å². The molecular formula is C8H10N2O. The van der Waals surface area contributed by atoms with Crippen LogP contribution in [-0.2, 0) is 4.79 Å². The minimum absolute atomic E-state index is 0.0398. The maximum absolute atomic E-state index is 10.6. The van der Waals surface area contributed by atoms with E-state index in [0.717, 1.165) is 5.70 Å². The van der Waals surface area contributed by atoms with Crippen molar-refractivity contribution < 1.29 is 4.79 Å². The quantitative estimate of drug-likeness (QED) is 0.596. The molecule has 0 saturated heterocycles. The normalized spacial score (nSPS) is 11.6. The Morgan fingerprint density at radius 3 is 2.73 bits per heavy atom. The highest BCUT2D eigenvalue weighted by Gasteiger charge is 1.93. The summed E-state index contributed by atoms with van der Waals surface area (Å²) in [6.07, 6.45) is 5.03. The van der Waals surface area contributed by atoms with E-state index in [2.05, 4.69) is 5.10 Å². The van der Waals surface area contributed by atoms with Gasteiger partial charge in [0.25, 0.3) is 0 Å². The van der Waals surface area contributed by atoms with Crippen molar-refractivity contribution >= 4 is 11.5 Å². The van der Waals surface area contributed by atoms with Crippen molar-refractivity contribution in [3.8, 4) is 0 Å². The topological polar surface area (TPSA) is 34.9 Å². The molecule has 1 heterocycles. The first-order valence-electron chi connectivity index (χ1n) is 3.39. The van der Waals surface area contributed by atoms with Crippen LogP contribution in [0.25, 0.3) is 5.70 Å². The monoisotopic (exact) mass is 150 g/mol. The molecule has 3 heteroatoms. The molecule has 0 aliphatic heterocycles. The Balaban J connectivity index is 2.86. The predicted molar refractivity (Wildman–Crippen MR) is 42.9 cm³/mol. The standard InChI is InChI=1S/C8H10N2O/c1-7(6-8(2)11)10-5-3-4-9-10/h3-6H,1-2H3/b7-6+. The second-order valence-corrected chi connectivity index (χ2v) is 2.35. The Labute approximate surface area is 65.3 Å². The summed E-state index contributed by atoms with van der Waals surface area (Å²) in [6.45, 7) is 3.36. The van der Waals surface area contributed by atoms with E-state index in [0.29, 0.717) is 0 Å². The molecule has 0 aromatic carbocycles. The van der Waals surface area contributed by atoms with Crippen LogP contribution in [0.5, 0.6) is 0 Å². The SMILES string of the molecule is CC(=O)/C=C(\C)n1cccn1. The predicted octanol–water partition coefficient (Wildman–Crippen LogP) is 1.33. The first-order chi connectivity index (χ1) is 5.20. The van der Waals surface area contributed by atoms with Gasteiger partial charge in [-0.05, 0) is 19.9 Å². The summed E-state index contributed by atoms with van der Waals surface area (Å²) in [5.74, 6) is 0.0398. The average molecular weight is 150 g/mol. The van der Waals surface area contributed by atoms with Gasteiger partial charge in [0.05, 0.1) is 0 Å².